The lowest BCUT2D eigenvalue weighted by Gasteiger charge is -2.07. The van der Waals surface area contributed by atoms with Gasteiger partial charge in [0, 0.05) is 25.0 Å². The number of hydrogen-bond donors (Lipinski definition) is 2. The molecule has 2 aromatic rings. The third kappa shape index (κ3) is 2.88. The summed E-state index contributed by atoms with van der Waals surface area (Å²) in [7, 11) is 1.96. The number of nitrogens with zero attached hydrogens (tertiary/aromatic N) is 1. The molecule has 0 aliphatic rings. The van der Waals surface area contributed by atoms with Crippen molar-refractivity contribution < 1.29 is 5.11 Å². The summed E-state index contributed by atoms with van der Waals surface area (Å²) < 4.78 is 2.12. The van der Waals surface area contributed by atoms with E-state index in [-0.39, 0.29) is 0 Å². The zero-order chi connectivity index (χ0) is 12.3. The highest BCUT2D eigenvalue weighted by atomic mass is 16.3. The SMILES string of the molecule is CNC(C)c1ccn(Cc2cccc(O)c2)c1. The van der Waals surface area contributed by atoms with Crippen molar-refractivity contribution in [2.75, 3.05) is 7.05 Å². The highest BCUT2D eigenvalue weighted by Crippen LogP contribution is 2.15. The number of benzene rings is 1. The molecule has 3 heteroatoms. The Labute approximate surface area is 102 Å². The first-order valence-corrected chi connectivity index (χ1v) is 5.80. The maximum Gasteiger partial charge on any atom is 0.115 e. The van der Waals surface area contributed by atoms with E-state index in [4.69, 9.17) is 0 Å². The Morgan fingerprint density at radius 1 is 1.35 bits per heavy atom. The monoisotopic (exact) mass is 230 g/mol. The molecule has 90 valence electrons. The van der Waals surface area contributed by atoms with Crippen molar-refractivity contribution in [1.29, 1.82) is 0 Å². The summed E-state index contributed by atoms with van der Waals surface area (Å²) in [6, 6.07) is 9.84. The molecule has 0 aliphatic carbocycles. The molecule has 0 spiro atoms. The van der Waals surface area contributed by atoms with Gasteiger partial charge in [0.1, 0.15) is 5.75 Å². The number of aromatic nitrogens is 1. The molecule has 0 amide bonds. The van der Waals surface area contributed by atoms with E-state index in [1.807, 2.05) is 19.2 Å². The first-order chi connectivity index (χ1) is 8.19. The normalized spacial score (nSPS) is 12.6. The molecule has 0 saturated heterocycles. The van der Waals surface area contributed by atoms with Gasteiger partial charge in [-0.25, -0.2) is 0 Å². The summed E-state index contributed by atoms with van der Waals surface area (Å²) in [5.41, 5.74) is 2.37. The lowest BCUT2D eigenvalue weighted by Crippen LogP contribution is -2.11. The second-order valence-electron chi connectivity index (χ2n) is 4.30. The first kappa shape index (κ1) is 11.7. The van der Waals surface area contributed by atoms with Crippen LogP contribution in [0.25, 0.3) is 0 Å². The van der Waals surface area contributed by atoms with E-state index in [2.05, 4.69) is 35.3 Å². The summed E-state index contributed by atoms with van der Waals surface area (Å²) in [4.78, 5) is 0. The molecule has 1 aromatic carbocycles. The fraction of sp³-hybridized carbons (Fsp3) is 0.286. The number of rotatable bonds is 4. The van der Waals surface area contributed by atoms with E-state index < -0.39 is 0 Å². The molecule has 0 aliphatic heterocycles. The topological polar surface area (TPSA) is 37.2 Å². The minimum Gasteiger partial charge on any atom is -0.508 e. The van der Waals surface area contributed by atoms with Crippen LogP contribution in [-0.4, -0.2) is 16.7 Å². The quantitative estimate of drug-likeness (QED) is 0.847. The number of hydrogen-bond acceptors (Lipinski definition) is 2. The lowest BCUT2D eigenvalue weighted by molar-refractivity contribution is 0.474. The molecule has 0 fully saturated rings. The van der Waals surface area contributed by atoms with Gasteiger partial charge in [-0.3, -0.25) is 0 Å². The van der Waals surface area contributed by atoms with Gasteiger partial charge in [-0.1, -0.05) is 12.1 Å². The fourth-order valence-electron chi connectivity index (χ4n) is 1.85. The van der Waals surface area contributed by atoms with Gasteiger partial charge in [-0.05, 0) is 43.3 Å². The Kier molecular flexibility index (Phi) is 3.49. The molecule has 2 rings (SSSR count). The lowest BCUT2D eigenvalue weighted by atomic mass is 10.2. The van der Waals surface area contributed by atoms with E-state index in [9.17, 15) is 5.11 Å². The van der Waals surface area contributed by atoms with Crippen molar-refractivity contribution in [3.63, 3.8) is 0 Å². The van der Waals surface area contributed by atoms with Crippen LogP contribution in [0.4, 0.5) is 0 Å². The molecule has 0 radical (unpaired) electrons. The van der Waals surface area contributed by atoms with Gasteiger partial charge in [0.15, 0.2) is 0 Å². The van der Waals surface area contributed by atoms with Crippen molar-refractivity contribution in [1.82, 2.24) is 9.88 Å². The Morgan fingerprint density at radius 2 is 2.18 bits per heavy atom. The second kappa shape index (κ2) is 5.06. The van der Waals surface area contributed by atoms with E-state index in [0.29, 0.717) is 11.8 Å². The Balaban J connectivity index is 2.11. The maximum atomic E-state index is 9.40. The fourth-order valence-corrected chi connectivity index (χ4v) is 1.85. The average molecular weight is 230 g/mol. The van der Waals surface area contributed by atoms with Crippen molar-refractivity contribution >= 4 is 0 Å². The Hall–Kier alpha value is -1.74. The number of nitrogens with one attached hydrogen (secondary N) is 1. The molecular formula is C14H18N2O. The number of phenolic OH excluding ortho intramolecular Hbond substituents is 1. The summed E-state index contributed by atoms with van der Waals surface area (Å²) in [5, 5.41) is 12.6. The third-order valence-electron chi connectivity index (χ3n) is 2.98. The minimum absolute atomic E-state index is 0.318. The van der Waals surface area contributed by atoms with Gasteiger partial charge in [0.2, 0.25) is 0 Å². The first-order valence-electron chi connectivity index (χ1n) is 5.80. The molecule has 3 nitrogen and oxygen atoms in total. The highest BCUT2D eigenvalue weighted by molar-refractivity contribution is 5.27. The molecule has 17 heavy (non-hydrogen) atoms. The summed E-state index contributed by atoms with van der Waals surface area (Å²) in [6.45, 7) is 2.92. The Morgan fingerprint density at radius 3 is 2.88 bits per heavy atom. The van der Waals surface area contributed by atoms with E-state index in [1.165, 1.54) is 5.56 Å². The molecule has 1 unspecified atom stereocenters. The van der Waals surface area contributed by atoms with Crippen molar-refractivity contribution in [2.24, 2.45) is 0 Å². The van der Waals surface area contributed by atoms with E-state index in [0.717, 1.165) is 12.1 Å². The summed E-state index contributed by atoms with van der Waals surface area (Å²) >= 11 is 0. The predicted molar refractivity (Wildman–Crippen MR) is 69.1 cm³/mol. The largest absolute Gasteiger partial charge is 0.508 e. The van der Waals surface area contributed by atoms with Crippen molar-refractivity contribution in [2.45, 2.75) is 19.5 Å². The zero-order valence-corrected chi connectivity index (χ0v) is 10.2. The molecule has 1 atom stereocenters. The Bertz CT molecular complexity index is 490. The van der Waals surface area contributed by atoms with Crippen LogP contribution in [0.15, 0.2) is 42.7 Å². The molecule has 1 aromatic heterocycles. The smallest absolute Gasteiger partial charge is 0.115 e. The second-order valence-corrected chi connectivity index (χ2v) is 4.30. The minimum atomic E-state index is 0.318. The van der Waals surface area contributed by atoms with Crippen molar-refractivity contribution in [3.05, 3.63) is 53.9 Å². The van der Waals surface area contributed by atoms with Crippen molar-refractivity contribution in [3.8, 4) is 5.75 Å². The van der Waals surface area contributed by atoms with Gasteiger partial charge >= 0.3 is 0 Å². The van der Waals surface area contributed by atoms with Crippen LogP contribution in [0.1, 0.15) is 24.1 Å². The van der Waals surface area contributed by atoms with E-state index >= 15 is 0 Å². The van der Waals surface area contributed by atoms with Crippen LogP contribution in [-0.2, 0) is 6.54 Å². The van der Waals surface area contributed by atoms with Crippen LogP contribution in [0.5, 0.6) is 5.75 Å². The van der Waals surface area contributed by atoms with Gasteiger partial charge < -0.3 is 15.0 Å². The maximum absolute atomic E-state index is 9.40. The molecule has 1 heterocycles. The van der Waals surface area contributed by atoms with Crippen LogP contribution >= 0.6 is 0 Å². The average Bonchev–Trinajstić information content (AvgIpc) is 2.76. The highest BCUT2D eigenvalue weighted by Gasteiger charge is 2.04. The standard InChI is InChI=1S/C14H18N2O/c1-11(15-2)13-6-7-16(10-13)9-12-4-3-5-14(17)8-12/h3-8,10-11,15,17H,9H2,1-2H3. The van der Waals surface area contributed by atoms with Gasteiger partial charge in [0.25, 0.3) is 0 Å². The number of aromatic hydroxyl groups is 1. The molecule has 2 N–H and O–H groups in total. The predicted octanol–water partition coefficient (Wildman–Crippen LogP) is 2.52. The zero-order valence-electron chi connectivity index (χ0n) is 10.2. The van der Waals surface area contributed by atoms with Crippen LogP contribution in [0.2, 0.25) is 0 Å². The number of phenols is 1. The molecule has 0 bridgehead atoms. The van der Waals surface area contributed by atoms with Crippen LogP contribution in [0.3, 0.4) is 0 Å². The van der Waals surface area contributed by atoms with Gasteiger partial charge in [0.05, 0.1) is 0 Å². The van der Waals surface area contributed by atoms with Gasteiger partial charge in [-0.2, -0.15) is 0 Å². The van der Waals surface area contributed by atoms with Crippen LogP contribution in [0, 0.1) is 0 Å². The molecular weight excluding hydrogens is 212 g/mol. The third-order valence-corrected chi connectivity index (χ3v) is 2.98. The van der Waals surface area contributed by atoms with Gasteiger partial charge in [-0.15, -0.1) is 0 Å². The van der Waals surface area contributed by atoms with Crippen LogP contribution < -0.4 is 5.32 Å². The summed E-state index contributed by atoms with van der Waals surface area (Å²) in [6.07, 6.45) is 4.19. The summed E-state index contributed by atoms with van der Waals surface area (Å²) in [5.74, 6) is 0.318. The molecule has 0 saturated carbocycles. The van der Waals surface area contributed by atoms with E-state index in [1.54, 1.807) is 12.1 Å².